The molecule has 3 rings (SSSR count). The molecular weight excluding hydrogens is 388 g/mol. The number of nitrogens with zero attached hydrogens (tertiary/aromatic N) is 3. The lowest BCUT2D eigenvalue weighted by Gasteiger charge is -2.07. The highest BCUT2D eigenvalue weighted by atomic mass is 16.6. The molecule has 0 radical (unpaired) electrons. The smallest absolute Gasteiger partial charge is 0.306 e. The molecule has 0 unspecified atom stereocenters. The zero-order valence-corrected chi connectivity index (χ0v) is 16.3. The second-order valence-electron chi connectivity index (χ2n) is 6.62. The number of aryl methyl sites for hydroxylation is 2. The van der Waals surface area contributed by atoms with Crippen molar-refractivity contribution in [1.82, 2.24) is 9.78 Å². The Morgan fingerprint density at radius 2 is 1.97 bits per heavy atom. The summed E-state index contributed by atoms with van der Waals surface area (Å²) in [6.07, 6.45) is 3.99. The van der Waals surface area contributed by atoms with Gasteiger partial charge < -0.3 is 10.1 Å². The molecule has 1 aromatic heterocycles. The summed E-state index contributed by atoms with van der Waals surface area (Å²) in [6, 6.07) is 14.0. The Morgan fingerprint density at radius 1 is 1.20 bits per heavy atom. The molecular formula is C21H20N4O5. The van der Waals surface area contributed by atoms with Gasteiger partial charge >= 0.3 is 5.97 Å². The zero-order valence-electron chi connectivity index (χ0n) is 16.3. The van der Waals surface area contributed by atoms with Gasteiger partial charge in [-0.25, -0.2) is 4.68 Å². The number of amides is 1. The number of rotatable bonds is 8. The molecule has 3 aromatic rings. The minimum Gasteiger partial charge on any atom is -0.456 e. The quantitative estimate of drug-likeness (QED) is 0.348. The van der Waals surface area contributed by atoms with Gasteiger partial charge in [-0.2, -0.15) is 5.10 Å². The minimum absolute atomic E-state index is 0.0555. The van der Waals surface area contributed by atoms with Crippen LogP contribution in [0.25, 0.3) is 5.69 Å². The highest BCUT2D eigenvalue weighted by Gasteiger charge is 2.17. The first-order valence-corrected chi connectivity index (χ1v) is 9.22. The number of carbonyl (C=O) groups excluding carboxylic acids is 2. The summed E-state index contributed by atoms with van der Waals surface area (Å²) >= 11 is 0. The highest BCUT2D eigenvalue weighted by molar-refractivity contribution is 5.94. The van der Waals surface area contributed by atoms with Gasteiger partial charge in [-0.15, -0.1) is 0 Å². The van der Waals surface area contributed by atoms with E-state index in [0.29, 0.717) is 12.0 Å². The van der Waals surface area contributed by atoms with Crippen LogP contribution in [0.4, 0.5) is 11.4 Å². The van der Waals surface area contributed by atoms with Gasteiger partial charge in [0.05, 0.1) is 16.8 Å². The van der Waals surface area contributed by atoms with E-state index in [1.165, 1.54) is 12.1 Å². The number of ether oxygens (including phenoxy) is 1. The molecule has 1 amide bonds. The Kier molecular flexibility index (Phi) is 6.53. The molecule has 154 valence electrons. The average molecular weight is 408 g/mol. The Morgan fingerprint density at radius 3 is 2.70 bits per heavy atom. The molecule has 0 spiro atoms. The SMILES string of the molecule is Cc1ccc(NC(=O)COC(=O)CCc2cnn(-c3ccccc3)c2)c([N+](=O)[O-])c1. The Labute approximate surface area is 172 Å². The number of hydrogen-bond donors (Lipinski definition) is 1. The number of anilines is 1. The van der Waals surface area contributed by atoms with Crippen LogP contribution < -0.4 is 5.32 Å². The molecule has 0 aliphatic carbocycles. The number of nitro benzene ring substituents is 1. The van der Waals surface area contributed by atoms with Gasteiger partial charge in [0.25, 0.3) is 11.6 Å². The molecule has 1 N–H and O–H groups in total. The molecule has 0 aliphatic heterocycles. The third kappa shape index (κ3) is 5.51. The van der Waals surface area contributed by atoms with Crippen LogP contribution in [0.2, 0.25) is 0 Å². The summed E-state index contributed by atoms with van der Waals surface area (Å²) in [5.74, 6) is -1.19. The predicted molar refractivity (Wildman–Crippen MR) is 109 cm³/mol. The summed E-state index contributed by atoms with van der Waals surface area (Å²) in [5.41, 5.74) is 2.30. The molecule has 9 nitrogen and oxygen atoms in total. The molecule has 0 saturated carbocycles. The Bertz CT molecular complexity index is 1060. The largest absolute Gasteiger partial charge is 0.456 e. The van der Waals surface area contributed by atoms with Crippen molar-refractivity contribution < 1.29 is 19.2 Å². The first-order chi connectivity index (χ1) is 14.4. The van der Waals surface area contributed by atoms with Crippen molar-refractivity contribution in [2.24, 2.45) is 0 Å². The maximum absolute atomic E-state index is 12.0. The second-order valence-corrected chi connectivity index (χ2v) is 6.62. The van der Waals surface area contributed by atoms with E-state index in [4.69, 9.17) is 4.74 Å². The van der Waals surface area contributed by atoms with Crippen molar-refractivity contribution in [3.05, 3.63) is 82.2 Å². The number of hydrogen-bond acceptors (Lipinski definition) is 6. The van der Waals surface area contributed by atoms with Gasteiger partial charge in [-0.1, -0.05) is 24.3 Å². The van der Waals surface area contributed by atoms with Crippen molar-refractivity contribution in [3.8, 4) is 5.69 Å². The predicted octanol–water partition coefficient (Wildman–Crippen LogP) is 3.20. The van der Waals surface area contributed by atoms with Crippen molar-refractivity contribution in [2.75, 3.05) is 11.9 Å². The van der Waals surface area contributed by atoms with Crippen LogP contribution in [-0.4, -0.2) is 33.2 Å². The normalized spacial score (nSPS) is 10.4. The van der Waals surface area contributed by atoms with E-state index in [9.17, 15) is 19.7 Å². The van der Waals surface area contributed by atoms with Crippen LogP contribution in [0.3, 0.4) is 0 Å². The molecule has 0 atom stereocenters. The van der Waals surface area contributed by atoms with Gasteiger partial charge in [0.1, 0.15) is 5.69 Å². The van der Waals surface area contributed by atoms with Crippen molar-refractivity contribution in [2.45, 2.75) is 19.8 Å². The molecule has 2 aromatic carbocycles. The van der Waals surface area contributed by atoms with E-state index in [1.54, 1.807) is 23.9 Å². The van der Waals surface area contributed by atoms with E-state index >= 15 is 0 Å². The topological polar surface area (TPSA) is 116 Å². The molecule has 30 heavy (non-hydrogen) atoms. The summed E-state index contributed by atoms with van der Waals surface area (Å²) in [6.45, 7) is 1.19. The van der Waals surface area contributed by atoms with Crippen LogP contribution in [-0.2, 0) is 20.7 Å². The Hall–Kier alpha value is -4.01. The van der Waals surface area contributed by atoms with Crippen LogP contribution in [0, 0.1) is 17.0 Å². The highest BCUT2D eigenvalue weighted by Crippen LogP contribution is 2.25. The molecule has 9 heteroatoms. The fourth-order valence-electron chi connectivity index (χ4n) is 2.76. The van der Waals surface area contributed by atoms with E-state index < -0.39 is 23.4 Å². The number of benzene rings is 2. The van der Waals surface area contributed by atoms with Crippen molar-refractivity contribution in [3.63, 3.8) is 0 Å². The lowest BCUT2D eigenvalue weighted by atomic mass is 10.2. The summed E-state index contributed by atoms with van der Waals surface area (Å²) in [4.78, 5) is 34.4. The molecule has 0 saturated heterocycles. The van der Waals surface area contributed by atoms with Crippen LogP contribution >= 0.6 is 0 Å². The van der Waals surface area contributed by atoms with Crippen molar-refractivity contribution >= 4 is 23.3 Å². The lowest BCUT2D eigenvalue weighted by molar-refractivity contribution is -0.384. The number of para-hydroxylation sites is 1. The minimum atomic E-state index is -0.646. The summed E-state index contributed by atoms with van der Waals surface area (Å²) in [5, 5.41) is 17.8. The van der Waals surface area contributed by atoms with Gasteiger partial charge in [-0.3, -0.25) is 19.7 Å². The molecule has 0 fully saturated rings. The maximum Gasteiger partial charge on any atom is 0.306 e. The number of aromatic nitrogens is 2. The third-order valence-electron chi connectivity index (χ3n) is 4.26. The molecule has 1 heterocycles. The first-order valence-electron chi connectivity index (χ1n) is 9.22. The van der Waals surface area contributed by atoms with Crippen LogP contribution in [0.15, 0.2) is 60.9 Å². The van der Waals surface area contributed by atoms with E-state index in [1.807, 2.05) is 36.5 Å². The fourth-order valence-corrected chi connectivity index (χ4v) is 2.76. The second kappa shape index (κ2) is 9.46. The van der Waals surface area contributed by atoms with E-state index in [-0.39, 0.29) is 17.8 Å². The van der Waals surface area contributed by atoms with Crippen LogP contribution in [0.1, 0.15) is 17.5 Å². The van der Waals surface area contributed by atoms with Gasteiger partial charge in [0, 0.05) is 18.7 Å². The van der Waals surface area contributed by atoms with E-state index in [2.05, 4.69) is 10.4 Å². The average Bonchev–Trinajstić information content (AvgIpc) is 3.21. The summed E-state index contributed by atoms with van der Waals surface area (Å²) < 4.78 is 6.68. The standard InChI is InChI=1S/C21H20N4O5/c1-15-7-9-18(19(11-15)25(28)29)23-20(26)14-30-21(27)10-8-16-12-22-24(13-16)17-5-3-2-4-6-17/h2-7,9,11-13H,8,10,14H2,1H3,(H,23,26). The molecule has 0 bridgehead atoms. The third-order valence-corrected chi connectivity index (χ3v) is 4.26. The van der Waals surface area contributed by atoms with Gasteiger partial charge in [0.15, 0.2) is 6.61 Å². The fraction of sp³-hybridized carbons (Fsp3) is 0.190. The number of carbonyl (C=O) groups is 2. The first kappa shape index (κ1) is 20.7. The number of nitrogens with one attached hydrogen (secondary N) is 1. The number of nitro groups is 1. The zero-order chi connectivity index (χ0) is 21.5. The maximum atomic E-state index is 12.0. The van der Waals surface area contributed by atoms with Crippen molar-refractivity contribution in [1.29, 1.82) is 0 Å². The monoisotopic (exact) mass is 408 g/mol. The number of esters is 1. The lowest BCUT2D eigenvalue weighted by Crippen LogP contribution is -2.21. The van der Waals surface area contributed by atoms with Gasteiger partial charge in [0.2, 0.25) is 0 Å². The molecule has 0 aliphatic rings. The van der Waals surface area contributed by atoms with Gasteiger partial charge in [-0.05, 0) is 42.7 Å². The Balaban J connectivity index is 1.47. The van der Waals surface area contributed by atoms with E-state index in [0.717, 1.165) is 11.3 Å². The van der Waals surface area contributed by atoms with Crippen LogP contribution in [0.5, 0.6) is 0 Å². The summed E-state index contributed by atoms with van der Waals surface area (Å²) in [7, 11) is 0.